The van der Waals surface area contributed by atoms with Gasteiger partial charge in [0.15, 0.2) is 9.84 Å². The van der Waals surface area contributed by atoms with Crippen molar-refractivity contribution >= 4 is 57.3 Å². The van der Waals surface area contributed by atoms with E-state index in [1.165, 1.54) is 18.3 Å². The number of amides is 2. The quantitative estimate of drug-likeness (QED) is 0.386. The van der Waals surface area contributed by atoms with Crippen molar-refractivity contribution in [3.8, 4) is 17.2 Å². The predicted molar refractivity (Wildman–Crippen MR) is 161 cm³/mol. The minimum Gasteiger partial charge on any atom is -0.336 e. The molecule has 3 atom stereocenters. The lowest BCUT2D eigenvalue weighted by Gasteiger charge is -2.44. The van der Waals surface area contributed by atoms with Gasteiger partial charge >= 0.3 is 0 Å². The molecule has 4 heterocycles. The standard InChI is InChI=1S/C28H26Cl2FN7O4S.ClH/c1-37-13-17(11-35-37)16-2-3-23(20(30)8-16)43(41,42)19-10-22(25(39)36-27(15-32)4-5-27)38(14-19)26(40)28(6-7-34-28)24-21(31)9-18(29)12-33-24;/h2-3,8-9,11-13,19,22,34H,4-7,10,14H2,1H3,(H,36,39);1H/t19-,22+,28?;/m1./s1. The summed E-state index contributed by atoms with van der Waals surface area (Å²) >= 11 is 12.4. The van der Waals surface area contributed by atoms with E-state index in [-0.39, 0.29) is 52.4 Å². The maximum atomic E-state index is 15.0. The van der Waals surface area contributed by atoms with E-state index in [0.717, 1.165) is 16.5 Å². The van der Waals surface area contributed by atoms with Crippen LogP contribution in [0.2, 0.25) is 10.0 Å². The number of likely N-dealkylation sites (tertiary alicyclic amines) is 1. The molecule has 16 heteroatoms. The summed E-state index contributed by atoms with van der Waals surface area (Å²) < 4.78 is 44.6. The summed E-state index contributed by atoms with van der Waals surface area (Å²) in [5.74, 6) is -2.15. The summed E-state index contributed by atoms with van der Waals surface area (Å²) in [6.07, 6.45) is 5.43. The van der Waals surface area contributed by atoms with E-state index < -0.39 is 49.8 Å². The summed E-state index contributed by atoms with van der Waals surface area (Å²) in [5, 5.41) is 18.1. The molecule has 0 radical (unpaired) electrons. The van der Waals surface area contributed by atoms with Gasteiger partial charge in [-0.2, -0.15) is 10.4 Å². The Morgan fingerprint density at radius 3 is 2.45 bits per heavy atom. The Labute approximate surface area is 269 Å². The molecule has 6 rings (SSSR count). The second-order valence-corrected chi connectivity index (χ2v) is 14.2. The second-order valence-electron chi connectivity index (χ2n) is 11.2. The number of sulfone groups is 1. The van der Waals surface area contributed by atoms with Gasteiger partial charge < -0.3 is 10.2 Å². The first kappa shape index (κ1) is 32.1. The highest BCUT2D eigenvalue weighted by molar-refractivity contribution is 7.92. The molecule has 0 spiro atoms. The lowest BCUT2D eigenvalue weighted by atomic mass is 9.82. The van der Waals surface area contributed by atoms with Crippen molar-refractivity contribution in [2.24, 2.45) is 7.05 Å². The first-order valence-electron chi connectivity index (χ1n) is 13.5. The highest BCUT2D eigenvalue weighted by Crippen LogP contribution is 2.40. The van der Waals surface area contributed by atoms with Crippen LogP contribution in [-0.4, -0.2) is 69.8 Å². The molecule has 1 saturated carbocycles. The smallest absolute Gasteiger partial charge is 0.250 e. The van der Waals surface area contributed by atoms with Crippen molar-refractivity contribution in [2.45, 2.75) is 52.9 Å². The van der Waals surface area contributed by atoms with Crippen LogP contribution in [0.25, 0.3) is 11.1 Å². The molecular weight excluding hydrogens is 656 g/mol. The Balaban J connectivity index is 0.00000384. The monoisotopic (exact) mass is 681 g/mol. The van der Waals surface area contributed by atoms with Crippen LogP contribution in [-0.2, 0) is 32.0 Å². The summed E-state index contributed by atoms with van der Waals surface area (Å²) in [6, 6.07) is 6.43. The van der Waals surface area contributed by atoms with Crippen molar-refractivity contribution in [3.63, 3.8) is 0 Å². The Kier molecular flexibility index (Phi) is 8.45. The number of nitrogens with one attached hydrogen (secondary N) is 2. The maximum absolute atomic E-state index is 15.0. The topological polar surface area (TPSA) is 150 Å². The number of rotatable bonds is 7. The molecule has 1 unspecified atom stereocenters. The van der Waals surface area contributed by atoms with E-state index in [2.05, 4.69) is 26.8 Å². The van der Waals surface area contributed by atoms with Gasteiger partial charge in [0, 0.05) is 31.5 Å². The van der Waals surface area contributed by atoms with Gasteiger partial charge in [-0.3, -0.25) is 24.6 Å². The molecule has 1 aliphatic carbocycles. The molecule has 2 saturated heterocycles. The minimum absolute atomic E-state index is 0. The van der Waals surface area contributed by atoms with Gasteiger partial charge in [0.25, 0.3) is 0 Å². The van der Waals surface area contributed by atoms with E-state index in [4.69, 9.17) is 23.2 Å². The number of aromatic nitrogens is 3. The molecule has 3 fully saturated rings. The number of aryl methyl sites for hydroxylation is 1. The summed E-state index contributed by atoms with van der Waals surface area (Å²) in [4.78, 5) is 32.8. The number of halogens is 4. The number of nitriles is 1. The van der Waals surface area contributed by atoms with Crippen LogP contribution >= 0.6 is 35.6 Å². The average molecular weight is 683 g/mol. The molecule has 232 valence electrons. The Bertz CT molecular complexity index is 1800. The lowest BCUT2D eigenvalue weighted by Crippen LogP contribution is -2.66. The van der Waals surface area contributed by atoms with E-state index >= 15 is 4.39 Å². The molecule has 2 aliphatic heterocycles. The molecular formula is C28H27Cl3FN7O4S. The van der Waals surface area contributed by atoms with Crippen LogP contribution in [0, 0.1) is 17.1 Å². The number of benzene rings is 1. The maximum Gasteiger partial charge on any atom is 0.250 e. The average Bonchev–Trinajstić information content (AvgIpc) is 3.33. The van der Waals surface area contributed by atoms with Gasteiger partial charge in [-0.1, -0.05) is 29.3 Å². The van der Waals surface area contributed by atoms with Crippen LogP contribution in [0.3, 0.4) is 0 Å². The molecule has 2 N–H and O–H groups in total. The zero-order chi connectivity index (χ0) is 30.7. The molecule has 44 heavy (non-hydrogen) atoms. The van der Waals surface area contributed by atoms with E-state index in [0.29, 0.717) is 24.9 Å². The molecule has 11 nitrogen and oxygen atoms in total. The molecule has 2 amide bonds. The van der Waals surface area contributed by atoms with Crippen molar-refractivity contribution in [2.75, 3.05) is 13.1 Å². The minimum atomic E-state index is -4.16. The van der Waals surface area contributed by atoms with Crippen molar-refractivity contribution in [3.05, 3.63) is 64.4 Å². The third-order valence-electron chi connectivity index (χ3n) is 8.37. The second kappa shape index (κ2) is 11.6. The SMILES string of the molecule is Cl.Cn1cc(-c2ccc(S(=O)(=O)[C@@H]3C[C@@H](C(=O)NC4(C#N)CC4)N(C(=O)C4(c5ncc(Cl)cc5F)CCN4)C3)c(Cl)c2)cn1. The van der Waals surface area contributed by atoms with Gasteiger partial charge in [-0.15, -0.1) is 12.4 Å². The number of carbonyl (C=O) groups is 2. The number of nitrogens with zero attached hydrogens (tertiary/aromatic N) is 5. The van der Waals surface area contributed by atoms with Crippen molar-refractivity contribution < 1.29 is 22.4 Å². The fraction of sp³-hybridized carbons (Fsp3) is 0.393. The van der Waals surface area contributed by atoms with Gasteiger partial charge in [-0.05, 0) is 56.0 Å². The Hall–Kier alpha value is -3.28. The third kappa shape index (κ3) is 5.43. The first-order valence-corrected chi connectivity index (χ1v) is 15.8. The van der Waals surface area contributed by atoms with Gasteiger partial charge in [0.2, 0.25) is 11.8 Å². The van der Waals surface area contributed by atoms with Crippen molar-refractivity contribution in [1.82, 2.24) is 30.3 Å². The van der Waals surface area contributed by atoms with Crippen LogP contribution in [0.15, 0.2) is 47.8 Å². The van der Waals surface area contributed by atoms with E-state index in [1.54, 1.807) is 30.2 Å². The number of hydrogen-bond acceptors (Lipinski definition) is 8. The molecule has 3 aliphatic rings. The first-order chi connectivity index (χ1) is 20.4. The largest absolute Gasteiger partial charge is 0.336 e. The van der Waals surface area contributed by atoms with Crippen LogP contribution in [0.4, 0.5) is 4.39 Å². The van der Waals surface area contributed by atoms with Gasteiger partial charge in [0.1, 0.15) is 28.6 Å². The zero-order valence-corrected chi connectivity index (χ0v) is 26.4. The number of hydrogen-bond donors (Lipinski definition) is 2. The van der Waals surface area contributed by atoms with Crippen LogP contribution in [0.5, 0.6) is 0 Å². The highest BCUT2D eigenvalue weighted by atomic mass is 35.5. The van der Waals surface area contributed by atoms with E-state index in [9.17, 15) is 23.3 Å². The fourth-order valence-corrected chi connectivity index (χ4v) is 8.09. The van der Waals surface area contributed by atoms with Gasteiger partial charge in [0.05, 0.1) is 32.5 Å². The molecule has 3 aromatic rings. The highest BCUT2D eigenvalue weighted by Gasteiger charge is 2.56. The molecule has 2 aromatic heterocycles. The molecule has 1 aromatic carbocycles. The number of pyridine rings is 1. The third-order valence-corrected chi connectivity index (χ3v) is 11.2. The van der Waals surface area contributed by atoms with Crippen molar-refractivity contribution in [1.29, 1.82) is 5.26 Å². The normalized spacial score (nSPS) is 23.7. The molecule has 0 bridgehead atoms. The number of carbonyl (C=O) groups excluding carboxylic acids is 2. The van der Waals surface area contributed by atoms with E-state index in [1.807, 2.05) is 0 Å². The summed E-state index contributed by atoms with van der Waals surface area (Å²) in [6.45, 7) is 0.0243. The van der Waals surface area contributed by atoms with Gasteiger partial charge in [-0.25, -0.2) is 12.8 Å². The summed E-state index contributed by atoms with van der Waals surface area (Å²) in [5.41, 5.74) is -1.44. The van der Waals surface area contributed by atoms with Crippen LogP contribution < -0.4 is 10.6 Å². The lowest BCUT2D eigenvalue weighted by molar-refractivity contribution is -0.147. The predicted octanol–water partition coefficient (Wildman–Crippen LogP) is 3.15. The fourth-order valence-electron chi connectivity index (χ4n) is 5.70. The summed E-state index contributed by atoms with van der Waals surface area (Å²) in [7, 11) is -2.41. The zero-order valence-electron chi connectivity index (χ0n) is 23.3. The Morgan fingerprint density at radius 2 is 1.91 bits per heavy atom. The Morgan fingerprint density at radius 1 is 1.18 bits per heavy atom. The van der Waals surface area contributed by atoms with Crippen LogP contribution in [0.1, 0.15) is 31.4 Å².